The summed E-state index contributed by atoms with van der Waals surface area (Å²) in [4.78, 5) is 12.8. The van der Waals surface area contributed by atoms with Gasteiger partial charge >= 0.3 is 0 Å². The Kier molecular flexibility index (Phi) is 7.36. The van der Waals surface area contributed by atoms with E-state index in [0.29, 0.717) is 6.54 Å². The van der Waals surface area contributed by atoms with Crippen LogP contribution in [-0.2, 0) is 10.2 Å². The number of nitrogens with two attached hydrogens (primary N) is 1. The van der Waals surface area contributed by atoms with Crippen LogP contribution in [0.3, 0.4) is 0 Å². The second-order valence-corrected chi connectivity index (χ2v) is 6.50. The lowest BCUT2D eigenvalue weighted by molar-refractivity contribution is -0.126. The maximum absolute atomic E-state index is 12.8. The number of rotatable bonds is 6. The molecule has 1 atom stereocenters. The quantitative estimate of drug-likeness (QED) is 0.836. The van der Waals surface area contributed by atoms with Gasteiger partial charge in [0.15, 0.2) is 0 Å². The van der Waals surface area contributed by atoms with Crippen LogP contribution in [0.15, 0.2) is 18.2 Å². The summed E-state index contributed by atoms with van der Waals surface area (Å²) >= 11 is 0. The molecule has 1 aromatic carbocycles. The Morgan fingerprint density at radius 2 is 2.04 bits per heavy atom. The number of nitrogens with one attached hydrogen (secondary N) is 1. The summed E-state index contributed by atoms with van der Waals surface area (Å²) in [6, 6.07) is 6.27. The number of ether oxygens (including phenoxy) is 1. The van der Waals surface area contributed by atoms with Gasteiger partial charge in [-0.3, -0.25) is 4.79 Å². The Balaban J connectivity index is 0.00000264. The highest BCUT2D eigenvalue weighted by molar-refractivity contribution is 5.88. The lowest BCUT2D eigenvalue weighted by atomic mass is 9.77. The van der Waals surface area contributed by atoms with Gasteiger partial charge < -0.3 is 15.8 Å². The molecule has 1 saturated carbocycles. The average molecular weight is 341 g/mol. The van der Waals surface area contributed by atoms with Gasteiger partial charge in [0.2, 0.25) is 5.91 Å². The number of aryl methyl sites for hydroxylation is 1. The van der Waals surface area contributed by atoms with Crippen LogP contribution in [0.25, 0.3) is 0 Å². The van der Waals surface area contributed by atoms with Gasteiger partial charge in [0.1, 0.15) is 5.75 Å². The maximum atomic E-state index is 12.8. The highest BCUT2D eigenvalue weighted by atomic mass is 35.5. The predicted octanol–water partition coefficient (Wildman–Crippen LogP) is 3.09. The predicted molar refractivity (Wildman–Crippen MR) is 96.4 cm³/mol. The second kappa shape index (κ2) is 8.55. The number of methoxy groups -OCH3 is 1. The lowest BCUT2D eigenvalue weighted by Gasteiger charge is -2.29. The maximum Gasteiger partial charge on any atom is 0.230 e. The number of hydrogen-bond acceptors (Lipinski definition) is 3. The van der Waals surface area contributed by atoms with E-state index in [9.17, 15) is 4.79 Å². The molecular formula is C18H29ClN2O2. The number of carbonyl (C=O) groups is 1. The largest absolute Gasteiger partial charge is 0.496 e. The molecule has 130 valence electrons. The smallest absolute Gasteiger partial charge is 0.230 e. The Bertz CT molecular complexity index is 526. The van der Waals surface area contributed by atoms with E-state index in [2.05, 4.69) is 11.4 Å². The lowest BCUT2D eigenvalue weighted by Crippen LogP contribution is -2.43. The molecule has 3 N–H and O–H groups in total. The van der Waals surface area contributed by atoms with E-state index in [0.717, 1.165) is 49.0 Å². The molecule has 23 heavy (non-hydrogen) atoms. The molecule has 1 amide bonds. The van der Waals surface area contributed by atoms with Crippen LogP contribution in [0.2, 0.25) is 0 Å². The van der Waals surface area contributed by atoms with Crippen molar-refractivity contribution in [1.82, 2.24) is 5.32 Å². The summed E-state index contributed by atoms with van der Waals surface area (Å²) in [6.45, 7) is 4.62. The zero-order valence-corrected chi connectivity index (χ0v) is 15.2. The summed E-state index contributed by atoms with van der Waals surface area (Å²) in [5, 5.41) is 3.09. The molecule has 1 unspecified atom stereocenters. The minimum absolute atomic E-state index is 0. The monoisotopic (exact) mass is 340 g/mol. The van der Waals surface area contributed by atoms with Crippen molar-refractivity contribution < 1.29 is 9.53 Å². The van der Waals surface area contributed by atoms with Crippen molar-refractivity contribution in [3.63, 3.8) is 0 Å². The summed E-state index contributed by atoms with van der Waals surface area (Å²) in [7, 11) is 1.68. The van der Waals surface area contributed by atoms with E-state index >= 15 is 0 Å². The minimum Gasteiger partial charge on any atom is -0.496 e. The van der Waals surface area contributed by atoms with Crippen LogP contribution in [0.5, 0.6) is 5.75 Å². The van der Waals surface area contributed by atoms with E-state index in [1.54, 1.807) is 7.11 Å². The van der Waals surface area contributed by atoms with E-state index in [4.69, 9.17) is 10.5 Å². The molecule has 0 saturated heterocycles. The number of halogens is 1. The number of amides is 1. The van der Waals surface area contributed by atoms with E-state index in [1.165, 1.54) is 0 Å². The van der Waals surface area contributed by atoms with E-state index < -0.39 is 5.41 Å². The van der Waals surface area contributed by atoms with Crippen LogP contribution in [0.1, 0.15) is 50.2 Å². The van der Waals surface area contributed by atoms with E-state index in [-0.39, 0.29) is 24.4 Å². The Morgan fingerprint density at radius 1 is 1.39 bits per heavy atom. The first-order valence-corrected chi connectivity index (χ1v) is 8.18. The Labute approximate surface area is 145 Å². The van der Waals surface area contributed by atoms with Crippen molar-refractivity contribution in [2.45, 2.75) is 57.4 Å². The van der Waals surface area contributed by atoms with Crippen molar-refractivity contribution in [1.29, 1.82) is 0 Å². The first kappa shape index (κ1) is 19.8. The third kappa shape index (κ3) is 4.39. The van der Waals surface area contributed by atoms with Crippen LogP contribution in [0.4, 0.5) is 0 Å². The molecule has 4 nitrogen and oxygen atoms in total. The minimum atomic E-state index is -0.404. The van der Waals surface area contributed by atoms with Crippen molar-refractivity contribution in [3.8, 4) is 5.75 Å². The van der Waals surface area contributed by atoms with Crippen LogP contribution in [-0.4, -0.2) is 25.6 Å². The summed E-state index contributed by atoms with van der Waals surface area (Å²) < 4.78 is 5.43. The Hall–Kier alpha value is -1.26. The first-order valence-electron chi connectivity index (χ1n) is 8.18. The molecule has 0 radical (unpaired) electrons. The molecular weight excluding hydrogens is 312 g/mol. The van der Waals surface area contributed by atoms with Gasteiger partial charge in [-0.05, 0) is 50.3 Å². The highest BCUT2D eigenvalue weighted by Crippen LogP contribution is 2.42. The van der Waals surface area contributed by atoms with Gasteiger partial charge in [0.05, 0.1) is 12.5 Å². The topological polar surface area (TPSA) is 64.3 Å². The molecule has 5 heteroatoms. The average Bonchev–Trinajstić information content (AvgIpc) is 2.98. The summed E-state index contributed by atoms with van der Waals surface area (Å²) in [5.41, 5.74) is 7.53. The Morgan fingerprint density at radius 3 is 2.61 bits per heavy atom. The first-order chi connectivity index (χ1) is 10.5. The van der Waals surface area contributed by atoms with Crippen LogP contribution in [0, 0.1) is 6.92 Å². The third-order valence-corrected chi connectivity index (χ3v) is 4.74. The van der Waals surface area contributed by atoms with E-state index in [1.807, 2.05) is 26.0 Å². The third-order valence-electron chi connectivity index (χ3n) is 4.74. The molecule has 0 heterocycles. The molecule has 1 aliphatic rings. The van der Waals surface area contributed by atoms with Crippen molar-refractivity contribution in [2.75, 3.05) is 13.7 Å². The normalized spacial score (nSPS) is 17.2. The van der Waals surface area contributed by atoms with Crippen LogP contribution >= 0.6 is 12.4 Å². The molecule has 0 aromatic heterocycles. The van der Waals surface area contributed by atoms with Gasteiger partial charge in [-0.2, -0.15) is 0 Å². The van der Waals surface area contributed by atoms with Gasteiger partial charge in [0.25, 0.3) is 0 Å². The number of carbonyl (C=O) groups excluding carboxylic acids is 1. The molecule has 1 fully saturated rings. The fourth-order valence-corrected chi connectivity index (χ4v) is 3.33. The zero-order chi connectivity index (χ0) is 16.2. The molecule has 0 spiro atoms. The van der Waals surface area contributed by atoms with Crippen molar-refractivity contribution in [2.24, 2.45) is 5.73 Å². The number of hydrogen-bond donors (Lipinski definition) is 2. The van der Waals surface area contributed by atoms with Crippen LogP contribution < -0.4 is 15.8 Å². The zero-order valence-electron chi connectivity index (χ0n) is 14.4. The summed E-state index contributed by atoms with van der Waals surface area (Å²) in [5.74, 6) is 0.990. The second-order valence-electron chi connectivity index (χ2n) is 6.50. The van der Waals surface area contributed by atoms with Gasteiger partial charge in [-0.15, -0.1) is 12.4 Å². The highest BCUT2D eigenvalue weighted by Gasteiger charge is 2.42. The fraction of sp³-hybridized carbons (Fsp3) is 0.611. The molecule has 0 bridgehead atoms. The molecule has 0 aliphatic heterocycles. The van der Waals surface area contributed by atoms with Gasteiger partial charge in [-0.1, -0.05) is 25.0 Å². The molecule has 1 aliphatic carbocycles. The van der Waals surface area contributed by atoms with Gasteiger partial charge in [-0.25, -0.2) is 0 Å². The number of benzene rings is 1. The van der Waals surface area contributed by atoms with Crippen molar-refractivity contribution in [3.05, 3.63) is 29.3 Å². The standard InChI is InChI=1S/C18H28N2O2.ClH/c1-13-6-7-15(12-16(13)22-3)18(9-4-5-10-18)17(21)20-11-8-14(2)19;/h6-7,12,14H,4-5,8-11,19H2,1-3H3,(H,20,21);1H. The molecule has 2 rings (SSSR count). The molecule has 1 aromatic rings. The summed E-state index contributed by atoms with van der Waals surface area (Å²) in [6.07, 6.45) is 4.80. The SMILES string of the molecule is COc1cc(C2(C(=O)NCCC(C)N)CCCC2)ccc1C.Cl. The fourth-order valence-electron chi connectivity index (χ4n) is 3.33. The van der Waals surface area contributed by atoms with Crippen molar-refractivity contribution >= 4 is 18.3 Å². The van der Waals surface area contributed by atoms with Gasteiger partial charge in [0, 0.05) is 12.6 Å².